The molecule has 124 valence electrons. The van der Waals surface area contributed by atoms with Crippen LogP contribution in [0.5, 0.6) is 11.5 Å². The molecule has 0 spiro atoms. The van der Waals surface area contributed by atoms with E-state index in [0.717, 1.165) is 4.88 Å². The molecule has 2 aromatic rings. The molecule has 0 saturated heterocycles. The number of nitrogens with zero attached hydrogens (tertiary/aromatic N) is 1. The lowest BCUT2D eigenvalue weighted by Crippen LogP contribution is -2.22. The molecule has 7 nitrogen and oxygen atoms in total. The summed E-state index contributed by atoms with van der Waals surface area (Å²) in [6, 6.07) is 3.09. The Morgan fingerprint density at radius 1 is 1.30 bits per heavy atom. The van der Waals surface area contributed by atoms with Crippen LogP contribution >= 0.6 is 22.9 Å². The van der Waals surface area contributed by atoms with E-state index in [4.69, 9.17) is 21.1 Å². The van der Waals surface area contributed by atoms with Gasteiger partial charge in [-0.3, -0.25) is 0 Å². The Labute approximate surface area is 142 Å². The molecule has 0 amide bonds. The molecular weight excluding hydrogens is 362 g/mol. The zero-order valence-electron chi connectivity index (χ0n) is 12.1. The average molecular weight is 376 g/mol. The Balaban J connectivity index is 1.95. The maximum atomic E-state index is 12.2. The molecule has 2 heterocycles. The first-order chi connectivity index (χ1) is 11.0. The summed E-state index contributed by atoms with van der Waals surface area (Å²) in [5.41, 5.74) is 0.424. The SMILES string of the molecule is CNS(=O)(=O)c1cc2c(cc1NCc1cnc(Cl)s1)OCCO2. The first kappa shape index (κ1) is 16.3. The van der Waals surface area contributed by atoms with Gasteiger partial charge in [-0.05, 0) is 7.05 Å². The highest BCUT2D eigenvalue weighted by Crippen LogP contribution is 2.37. The topological polar surface area (TPSA) is 89.6 Å². The molecule has 0 unspecified atom stereocenters. The van der Waals surface area contributed by atoms with Gasteiger partial charge in [-0.15, -0.1) is 11.3 Å². The molecule has 10 heteroatoms. The molecule has 0 saturated carbocycles. The van der Waals surface area contributed by atoms with Crippen LogP contribution in [-0.2, 0) is 16.6 Å². The lowest BCUT2D eigenvalue weighted by molar-refractivity contribution is 0.171. The quantitative estimate of drug-likeness (QED) is 0.831. The molecule has 1 aromatic heterocycles. The number of nitrogens with one attached hydrogen (secondary N) is 2. The maximum absolute atomic E-state index is 12.2. The van der Waals surface area contributed by atoms with Gasteiger partial charge in [0.1, 0.15) is 18.1 Å². The summed E-state index contributed by atoms with van der Waals surface area (Å²) in [5.74, 6) is 0.924. The molecular formula is C13H14ClN3O4S2. The molecule has 0 bridgehead atoms. The maximum Gasteiger partial charge on any atom is 0.242 e. The Morgan fingerprint density at radius 2 is 2.00 bits per heavy atom. The zero-order chi connectivity index (χ0) is 16.4. The van der Waals surface area contributed by atoms with Crippen molar-refractivity contribution in [1.82, 2.24) is 9.71 Å². The van der Waals surface area contributed by atoms with Gasteiger partial charge in [-0.1, -0.05) is 11.6 Å². The number of aromatic nitrogens is 1. The summed E-state index contributed by atoms with van der Waals surface area (Å²) in [6.07, 6.45) is 1.64. The standard InChI is InChI=1S/C13H14ClN3O4S2/c1-15-23(18,19)12-5-11-10(20-2-3-21-11)4-9(12)16-6-8-7-17-13(14)22-8/h4-5,7,15-16H,2-3,6H2,1H3. The number of benzene rings is 1. The second kappa shape index (κ2) is 6.52. The fourth-order valence-electron chi connectivity index (χ4n) is 2.09. The summed E-state index contributed by atoms with van der Waals surface area (Å²) >= 11 is 7.13. The van der Waals surface area contributed by atoms with Gasteiger partial charge in [-0.25, -0.2) is 18.1 Å². The second-order valence-electron chi connectivity index (χ2n) is 4.63. The van der Waals surface area contributed by atoms with E-state index in [1.807, 2.05) is 0 Å². The van der Waals surface area contributed by atoms with Crippen molar-refractivity contribution in [3.8, 4) is 11.5 Å². The van der Waals surface area contributed by atoms with Crippen molar-refractivity contribution >= 4 is 38.6 Å². The van der Waals surface area contributed by atoms with Crippen molar-refractivity contribution in [2.24, 2.45) is 0 Å². The minimum absolute atomic E-state index is 0.0971. The molecule has 3 rings (SSSR count). The third-order valence-electron chi connectivity index (χ3n) is 3.18. The third kappa shape index (κ3) is 3.52. The highest BCUT2D eigenvalue weighted by molar-refractivity contribution is 7.89. The average Bonchev–Trinajstić information content (AvgIpc) is 2.97. The van der Waals surface area contributed by atoms with Crippen molar-refractivity contribution in [1.29, 1.82) is 0 Å². The van der Waals surface area contributed by atoms with Gasteiger partial charge in [0.05, 0.1) is 12.2 Å². The van der Waals surface area contributed by atoms with Crippen molar-refractivity contribution in [2.75, 3.05) is 25.6 Å². The minimum atomic E-state index is -3.65. The number of rotatable bonds is 5. The Bertz CT molecular complexity index is 823. The largest absolute Gasteiger partial charge is 0.486 e. The van der Waals surface area contributed by atoms with Crippen LogP contribution in [0.3, 0.4) is 0 Å². The molecule has 23 heavy (non-hydrogen) atoms. The van der Waals surface area contributed by atoms with E-state index in [-0.39, 0.29) is 4.90 Å². The number of sulfonamides is 1. The van der Waals surface area contributed by atoms with Crippen molar-refractivity contribution in [3.63, 3.8) is 0 Å². The third-order valence-corrected chi connectivity index (χ3v) is 5.75. The number of thiazole rings is 1. The van der Waals surface area contributed by atoms with Crippen molar-refractivity contribution in [3.05, 3.63) is 27.7 Å². The fraction of sp³-hybridized carbons (Fsp3) is 0.308. The van der Waals surface area contributed by atoms with E-state index in [2.05, 4.69) is 15.0 Å². The van der Waals surface area contributed by atoms with Gasteiger partial charge in [-0.2, -0.15) is 0 Å². The lowest BCUT2D eigenvalue weighted by atomic mass is 10.2. The molecule has 1 aliphatic heterocycles. The van der Waals surface area contributed by atoms with Crippen LogP contribution in [0.1, 0.15) is 4.88 Å². The second-order valence-corrected chi connectivity index (χ2v) is 8.18. The Kier molecular flexibility index (Phi) is 4.62. The predicted molar refractivity (Wildman–Crippen MR) is 88.1 cm³/mol. The van der Waals surface area contributed by atoms with Gasteiger partial charge in [0.25, 0.3) is 0 Å². The monoisotopic (exact) mass is 375 g/mol. The minimum Gasteiger partial charge on any atom is -0.486 e. The summed E-state index contributed by atoms with van der Waals surface area (Å²) in [4.78, 5) is 4.94. The Hall–Kier alpha value is -1.55. The number of halogens is 1. The van der Waals surface area contributed by atoms with E-state index < -0.39 is 10.0 Å². The number of ether oxygens (including phenoxy) is 2. The summed E-state index contributed by atoms with van der Waals surface area (Å²) in [6.45, 7) is 1.21. The van der Waals surface area contributed by atoms with Gasteiger partial charge in [0, 0.05) is 23.2 Å². The van der Waals surface area contributed by atoms with Gasteiger partial charge >= 0.3 is 0 Å². The van der Waals surface area contributed by atoms with Crippen molar-refractivity contribution in [2.45, 2.75) is 11.4 Å². The van der Waals surface area contributed by atoms with Crippen LogP contribution in [0.15, 0.2) is 23.2 Å². The van der Waals surface area contributed by atoms with Gasteiger partial charge in [0.15, 0.2) is 16.0 Å². The van der Waals surface area contributed by atoms with Crippen LogP contribution in [-0.4, -0.2) is 33.7 Å². The van der Waals surface area contributed by atoms with Crippen LogP contribution < -0.4 is 19.5 Å². The van der Waals surface area contributed by atoms with E-state index in [1.165, 1.54) is 24.5 Å². The normalized spacial score (nSPS) is 13.8. The first-order valence-electron chi connectivity index (χ1n) is 6.71. The predicted octanol–water partition coefficient (Wildman–Crippen LogP) is 2.09. The number of fused-ring (bicyclic) bond motifs is 1. The van der Waals surface area contributed by atoms with E-state index in [0.29, 0.717) is 41.4 Å². The number of anilines is 1. The fourth-order valence-corrected chi connectivity index (χ4v) is 3.91. The summed E-state index contributed by atoms with van der Waals surface area (Å²) in [7, 11) is -2.29. The molecule has 0 radical (unpaired) electrons. The summed E-state index contributed by atoms with van der Waals surface area (Å²) < 4.78 is 38.2. The van der Waals surface area contributed by atoms with Crippen molar-refractivity contribution < 1.29 is 17.9 Å². The van der Waals surface area contributed by atoms with Gasteiger partial charge in [0.2, 0.25) is 10.0 Å². The van der Waals surface area contributed by atoms with Crippen LogP contribution in [0, 0.1) is 0 Å². The van der Waals surface area contributed by atoms with Crippen LogP contribution in [0.4, 0.5) is 5.69 Å². The smallest absolute Gasteiger partial charge is 0.242 e. The molecule has 2 N–H and O–H groups in total. The lowest BCUT2D eigenvalue weighted by Gasteiger charge is -2.21. The zero-order valence-corrected chi connectivity index (χ0v) is 14.5. The summed E-state index contributed by atoms with van der Waals surface area (Å²) in [5, 5.41) is 3.09. The highest BCUT2D eigenvalue weighted by atomic mass is 35.5. The van der Waals surface area contributed by atoms with E-state index in [1.54, 1.807) is 12.3 Å². The van der Waals surface area contributed by atoms with Gasteiger partial charge < -0.3 is 14.8 Å². The van der Waals surface area contributed by atoms with E-state index >= 15 is 0 Å². The first-order valence-corrected chi connectivity index (χ1v) is 9.38. The Morgan fingerprint density at radius 3 is 2.61 bits per heavy atom. The highest BCUT2D eigenvalue weighted by Gasteiger charge is 2.23. The van der Waals surface area contributed by atoms with Crippen LogP contribution in [0.25, 0.3) is 0 Å². The molecule has 1 aliphatic rings. The number of hydrogen-bond donors (Lipinski definition) is 2. The van der Waals surface area contributed by atoms with Crippen LogP contribution in [0.2, 0.25) is 4.47 Å². The molecule has 1 aromatic carbocycles. The molecule has 0 atom stereocenters. The molecule has 0 fully saturated rings. The number of hydrogen-bond acceptors (Lipinski definition) is 7. The van der Waals surface area contributed by atoms with E-state index in [9.17, 15) is 8.42 Å². The molecule has 0 aliphatic carbocycles.